The number of ether oxygens (including phenoxy) is 2. The minimum absolute atomic E-state index is 0.0884. The lowest BCUT2D eigenvalue weighted by molar-refractivity contribution is -0.136. The van der Waals surface area contributed by atoms with Crippen LogP contribution >= 0.6 is 0 Å². The lowest BCUT2D eigenvalue weighted by atomic mass is 9.94. The lowest BCUT2D eigenvalue weighted by Gasteiger charge is -2.26. The Kier molecular flexibility index (Phi) is 4.27. The first-order valence-electron chi connectivity index (χ1n) is 7.37. The van der Waals surface area contributed by atoms with E-state index in [4.69, 9.17) is 9.47 Å². The number of rotatable bonds is 2. The number of para-hydroxylation sites is 2. The molecule has 6 nitrogen and oxygen atoms in total. The normalized spacial score (nSPS) is 22.7. The van der Waals surface area contributed by atoms with Crippen LogP contribution in [0.5, 0.6) is 11.5 Å². The van der Waals surface area contributed by atoms with E-state index in [0.29, 0.717) is 17.9 Å². The second-order valence-corrected chi connectivity index (χ2v) is 5.32. The van der Waals surface area contributed by atoms with Gasteiger partial charge in [-0.1, -0.05) is 24.3 Å². The Morgan fingerprint density at radius 2 is 1.82 bits per heavy atom. The molecule has 2 N–H and O–H groups in total. The average molecular weight is 302 g/mol. The summed E-state index contributed by atoms with van der Waals surface area (Å²) in [5.74, 6) is 0.459. The van der Waals surface area contributed by atoms with E-state index in [0.717, 1.165) is 12.8 Å². The van der Waals surface area contributed by atoms with E-state index >= 15 is 0 Å². The van der Waals surface area contributed by atoms with Gasteiger partial charge in [-0.2, -0.15) is 0 Å². The fourth-order valence-electron chi connectivity index (χ4n) is 2.49. The summed E-state index contributed by atoms with van der Waals surface area (Å²) in [6, 6.07) is 7.16. The Balaban J connectivity index is 1.50. The zero-order chi connectivity index (χ0) is 15.4. The van der Waals surface area contributed by atoms with Gasteiger partial charge in [-0.15, -0.1) is 0 Å². The highest BCUT2D eigenvalue weighted by atomic mass is 16.6. The minimum Gasteiger partial charge on any atom is -0.485 e. The van der Waals surface area contributed by atoms with E-state index in [-0.39, 0.29) is 18.4 Å². The Hall–Kier alpha value is -2.50. The predicted molar refractivity (Wildman–Crippen MR) is 79.1 cm³/mol. The van der Waals surface area contributed by atoms with E-state index in [1.165, 1.54) is 0 Å². The van der Waals surface area contributed by atoms with Gasteiger partial charge in [-0.25, -0.2) is 0 Å². The Morgan fingerprint density at radius 3 is 2.59 bits per heavy atom. The molecule has 2 atom stereocenters. The fraction of sp³-hybridized carbons (Fsp3) is 0.375. The smallest absolute Gasteiger partial charge is 0.283 e. The molecule has 1 aromatic carbocycles. The summed E-state index contributed by atoms with van der Waals surface area (Å²) in [6.07, 6.45) is 5.67. The molecule has 0 radical (unpaired) electrons. The van der Waals surface area contributed by atoms with Crippen molar-refractivity contribution in [2.75, 3.05) is 6.61 Å². The molecule has 0 fully saturated rings. The first-order valence-corrected chi connectivity index (χ1v) is 7.37. The summed E-state index contributed by atoms with van der Waals surface area (Å²) in [6.45, 7) is 0.116. The number of nitrogens with one attached hydrogen (secondary N) is 2. The monoisotopic (exact) mass is 302 g/mol. The van der Waals surface area contributed by atoms with Gasteiger partial charge in [0.15, 0.2) is 11.5 Å². The van der Waals surface area contributed by atoms with Gasteiger partial charge in [0.05, 0.1) is 0 Å². The van der Waals surface area contributed by atoms with Gasteiger partial charge in [-0.3, -0.25) is 20.4 Å². The third-order valence-electron chi connectivity index (χ3n) is 3.75. The summed E-state index contributed by atoms with van der Waals surface area (Å²) in [5, 5.41) is 0. The van der Waals surface area contributed by atoms with Gasteiger partial charge in [0, 0.05) is 5.92 Å². The number of hydrogen-bond donors (Lipinski definition) is 2. The molecule has 3 rings (SSSR count). The Morgan fingerprint density at radius 1 is 1.05 bits per heavy atom. The Bertz CT molecular complexity index is 600. The molecule has 116 valence electrons. The SMILES string of the molecule is O=C(NNC(=O)[C@@H]1COc2ccccc2O1)[C@H]1CC=CCC1. The van der Waals surface area contributed by atoms with Gasteiger partial charge in [0.1, 0.15) is 6.61 Å². The highest BCUT2D eigenvalue weighted by Gasteiger charge is 2.28. The second kappa shape index (κ2) is 6.51. The van der Waals surface area contributed by atoms with Gasteiger partial charge < -0.3 is 9.47 Å². The van der Waals surface area contributed by atoms with Crippen LogP contribution in [0.2, 0.25) is 0 Å². The maximum Gasteiger partial charge on any atom is 0.283 e. The van der Waals surface area contributed by atoms with Gasteiger partial charge >= 0.3 is 0 Å². The van der Waals surface area contributed by atoms with Crippen molar-refractivity contribution < 1.29 is 19.1 Å². The van der Waals surface area contributed by atoms with Crippen LogP contribution in [0.25, 0.3) is 0 Å². The molecule has 1 aliphatic carbocycles. The van der Waals surface area contributed by atoms with Gasteiger partial charge in [0.2, 0.25) is 12.0 Å². The standard InChI is InChI=1S/C16H18N2O4/c19-15(11-6-2-1-3-7-11)17-18-16(20)14-10-21-12-8-4-5-9-13(12)22-14/h1-2,4-5,8-9,11,14H,3,6-7,10H2,(H,17,19)(H,18,20)/t11-,14-/m0/s1. The van der Waals surface area contributed by atoms with Crippen LogP contribution in [0.15, 0.2) is 36.4 Å². The van der Waals surface area contributed by atoms with Crippen molar-refractivity contribution in [3.8, 4) is 11.5 Å². The molecule has 0 aromatic heterocycles. The van der Waals surface area contributed by atoms with Gasteiger partial charge in [-0.05, 0) is 31.4 Å². The highest BCUT2D eigenvalue weighted by molar-refractivity contribution is 5.86. The van der Waals surface area contributed by atoms with Crippen molar-refractivity contribution in [1.29, 1.82) is 0 Å². The molecule has 1 aliphatic heterocycles. The summed E-state index contributed by atoms with van der Waals surface area (Å²) in [7, 11) is 0. The van der Waals surface area contributed by atoms with Crippen LogP contribution in [0, 0.1) is 5.92 Å². The summed E-state index contributed by atoms with van der Waals surface area (Å²) in [5.41, 5.74) is 4.88. The molecule has 22 heavy (non-hydrogen) atoms. The third-order valence-corrected chi connectivity index (χ3v) is 3.75. The number of hydrazine groups is 1. The summed E-state index contributed by atoms with van der Waals surface area (Å²) < 4.78 is 11.0. The van der Waals surface area contributed by atoms with Crippen LogP contribution < -0.4 is 20.3 Å². The first-order chi connectivity index (χ1) is 10.7. The Labute approximate surface area is 128 Å². The number of fused-ring (bicyclic) bond motifs is 1. The van der Waals surface area contributed by atoms with Crippen LogP contribution in [0.4, 0.5) is 0 Å². The van der Waals surface area contributed by atoms with Crippen molar-refractivity contribution in [3.63, 3.8) is 0 Å². The predicted octanol–water partition coefficient (Wildman–Crippen LogP) is 1.33. The molecule has 1 aromatic rings. The molecule has 0 bridgehead atoms. The molecule has 0 unspecified atom stereocenters. The largest absolute Gasteiger partial charge is 0.485 e. The molecular formula is C16H18N2O4. The molecule has 2 aliphatic rings. The van der Waals surface area contributed by atoms with Crippen LogP contribution in [0.3, 0.4) is 0 Å². The molecule has 2 amide bonds. The molecule has 0 saturated heterocycles. The van der Waals surface area contributed by atoms with E-state index in [2.05, 4.69) is 16.9 Å². The minimum atomic E-state index is -0.776. The van der Waals surface area contributed by atoms with Crippen molar-refractivity contribution in [2.45, 2.75) is 25.4 Å². The highest BCUT2D eigenvalue weighted by Crippen LogP contribution is 2.30. The molecule has 1 heterocycles. The van der Waals surface area contributed by atoms with Crippen LogP contribution in [0.1, 0.15) is 19.3 Å². The molecule has 0 spiro atoms. The van der Waals surface area contributed by atoms with Crippen molar-refractivity contribution in [2.24, 2.45) is 5.92 Å². The number of hydrogen-bond acceptors (Lipinski definition) is 4. The third kappa shape index (κ3) is 3.21. The van der Waals surface area contributed by atoms with Crippen molar-refractivity contribution >= 4 is 11.8 Å². The van der Waals surface area contributed by atoms with E-state index < -0.39 is 12.0 Å². The quantitative estimate of drug-likeness (QED) is 0.638. The first kappa shape index (κ1) is 14.4. The molecule has 6 heteroatoms. The van der Waals surface area contributed by atoms with Gasteiger partial charge in [0.25, 0.3) is 5.91 Å². The van der Waals surface area contributed by atoms with Crippen LogP contribution in [-0.4, -0.2) is 24.5 Å². The van der Waals surface area contributed by atoms with E-state index in [1.807, 2.05) is 12.1 Å². The van der Waals surface area contributed by atoms with Crippen LogP contribution in [-0.2, 0) is 9.59 Å². The maximum atomic E-state index is 12.1. The number of carbonyl (C=O) groups excluding carboxylic acids is 2. The fourth-order valence-corrected chi connectivity index (χ4v) is 2.49. The average Bonchev–Trinajstić information content (AvgIpc) is 2.59. The van der Waals surface area contributed by atoms with Crippen molar-refractivity contribution in [3.05, 3.63) is 36.4 Å². The zero-order valence-electron chi connectivity index (χ0n) is 12.1. The second-order valence-electron chi connectivity index (χ2n) is 5.32. The zero-order valence-corrected chi connectivity index (χ0v) is 12.1. The van der Waals surface area contributed by atoms with E-state index in [1.54, 1.807) is 18.2 Å². The topological polar surface area (TPSA) is 76.7 Å². The number of carbonyl (C=O) groups is 2. The lowest BCUT2D eigenvalue weighted by Crippen LogP contribution is -2.52. The summed E-state index contributed by atoms with van der Waals surface area (Å²) >= 11 is 0. The maximum absolute atomic E-state index is 12.1. The number of allylic oxidation sites excluding steroid dienone is 2. The number of amides is 2. The molecular weight excluding hydrogens is 284 g/mol. The van der Waals surface area contributed by atoms with E-state index in [9.17, 15) is 9.59 Å². The summed E-state index contributed by atoms with van der Waals surface area (Å²) in [4.78, 5) is 24.0. The number of benzene rings is 1. The molecule has 0 saturated carbocycles. The van der Waals surface area contributed by atoms with Crippen molar-refractivity contribution in [1.82, 2.24) is 10.9 Å².